The topological polar surface area (TPSA) is 62.1 Å². The van der Waals surface area contributed by atoms with Gasteiger partial charge in [0, 0.05) is 30.1 Å². The van der Waals surface area contributed by atoms with E-state index in [1.54, 1.807) is 11.9 Å². The van der Waals surface area contributed by atoms with Gasteiger partial charge in [0.15, 0.2) is 0 Å². The molecule has 2 aromatic carbocycles. The molecule has 0 spiro atoms. The minimum absolute atomic E-state index is 0.0256. The van der Waals surface area contributed by atoms with Crippen LogP contribution in [0.15, 0.2) is 59.3 Å². The summed E-state index contributed by atoms with van der Waals surface area (Å²) in [6, 6.07) is 16.8. The number of rotatable bonds is 5. The number of H-pyrrole nitrogens is 1. The monoisotopic (exact) mass is 443 g/mol. The first-order valence-corrected chi connectivity index (χ1v) is 11.8. The summed E-state index contributed by atoms with van der Waals surface area (Å²) >= 11 is 0. The number of carbonyl (C=O) groups excluding carboxylic acids is 1. The number of nitrogens with zero attached hydrogens (tertiary/aromatic N) is 2. The molecular formula is C28H33N3O2. The summed E-state index contributed by atoms with van der Waals surface area (Å²) in [6.45, 7) is 8.38. The lowest BCUT2D eigenvalue weighted by atomic mass is 9.60. The quantitative estimate of drug-likeness (QED) is 0.381. The third kappa shape index (κ3) is 4.08. The largest absolute Gasteiger partial charge is 0.361 e. The van der Waals surface area contributed by atoms with Crippen molar-refractivity contribution in [3.63, 3.8) is 0 Å². The van der Waals surface area contributed by atoms with Crippen LogP contribution in [0.1, 0.15) is 71.6 Å². The molecule has 0 radical (unpaired) electrons. The molecule has 4 aromatic rings. The summed E-state index contributed by atoms with van der Waals surface area (Å²) in [5.74, 6) is 0.714. The van der Waals surface area contributed by atoms with Crippen LogP contribution >= 0.6 is 0 Å². The van der Waals surface area contributed by atoms with Crippen LogP contribution < -0.4 is 0 Å². The van der Waals surface area contributed by atoms with Crippen molar-refractivity contribution < 1.29 is 9.32 Å². The number of carbonyl (C=O) groups is 1. The van der Waals surface area contributed by atoms with E-state index in [2.05, 4.69) is 53.6 Å². The van der Waals surface area contributed by atoms with Gasteiger partial charge in [-0.15, -0.1) is 0 Å². The van der Waals surface area contributed by atoms with Crippen LogP contribution in [0, 0.1) is 13.8 Å². The van der Waals surface area contributed by atoms with Crippen molar-refractivity contribution in [1.29, 1.82) is 0 Å². The van der Waals surface area contributed by atoms with Gasteiger partial charge in [-0.2, -0.15) is 0 Å². The molecule has 1 saturated carbocycles. The molecule has 172 valence electrons. The summed E-state index contributed by atoms with van der Waals surface area (Å²) in [5.41, 5.74) is 6.30. The number of benzene rings is 2. The molecule has 2 aromatic heterocycles. The van der Waals surface area contributed by atoms with E-state index < -0.39 is 0 Å². The predicted molar refractivity (Wildman–Crippen MR) is 132 cm³/mol. The Hall–Kier alpha value is -3.34. The second kappa shape index (κ2) is 9.26. The van der Waals surface area contributed by atoms with Gasteiger partial charge in [-0.1, -0.05) is 67.4 Å². The molecular weight excluding hydrogens is 410 g/mol. The number of hydrogen-bond acceptors (Lipinski definition) is 3. The normalized spacial score (nSPS) is 14.3. The van der Waals surface area contributed by atoms with Crippen molar-refractivity contribution in [2.45, 2.75) is 58.9 Å². The first-order chi connectivity index (χ1) is 16.0. The van der Waals surface area contributed by atoms with E-state index in [4.69, 9.17) is 4.52 Å². The third-order valence-corrected chi connectivity index (χ3v) is 6.70. The summed E-state index contributed by atoms with van der Waals surface area (Å²) in [7, 11) is 1.80. The minimum Gasteiger partial charge on any atom is -0.361 e. The molecule has 0 aliphatic heterocycles. The molecule has 5 rings (SSSR count). The van der Waals surface area contributed by atoms with E-state index in [-0.39, 0.29) is 11.3 Å². The van der Waals surface area contributed by atoms with Crippen LogP contribution in [0.2, 0.25) is 0 Å². The number of hydrogen-bond donors (Lipinski definition) is 1. The molecule has 0 atom stereocenters. The Morgan fingerprint density at radius 1 is 1.12 bits per heavy atom. The lowest BCUT2D eigenvalue weighted by Crippen LogP contribution is -2.35. The molecule has 0 saturated heterocycles. The van der Waals surface area contributed by atoms with Crippen molar-refractivity contribution in [3.05, 3.63) is 88.4 Å². The average Bonchev–Trinajstić information content (AvgIpc) is 3.41. The second-order valence-corrected chi connectivity index (χ2v) is 8.82. The van der Waals surface area contributed by atoms with Gasteiger partial charge < -0.3 is 14.4 Å². The molecule has 0 bridgehead atoms. The molecule has 1 aliphatic rings. The molecule has 0 unspecified atom stereocenters. The van der Waals surface area contributed by atoms with Crippen LogP contribution in [0.25, 0.3) is 10.9 Å². The van der Waals surface area contributed by atoms with Gasteiger partial charge in [0.05, 0.1) is 17.6 Å². The number of aromatic amines is 1. The van der Waals surface area contributed by atoms with Crippen molar-refractivity contribution in [3.8, 4) is 0 Å². The highest BCUT2D eigenvalue weighted by Crippen LogP contribution is 2.51. The molecule has 5 heteroatoms. The molecule has 1 amide bonds. The number of nitrogens with one attached hydrogen (secondary N) is 1. The standard InChI is InChI=1S/C26H27N3O2.C2H6/c1-17-8-10-19(11-9-17)26(12-5-13-26)23-15-27-24-21(23)6-4-7-22(24)25(30)29(3)16-20-14-18(2)31-28-20;1-2/h4,6-11,14-15,27H,5,12-13,16H2,1-3H3;1-2H3. The van der Waals surface area contributed by atoms with Crippen molar-refractivity contribution in [2.24, 2.45) is 0 Å². The van der Waals surface area contributed by atoms with Gasteiger partial charge in [-0.3, -0.25) is 4.79 Å². The van der Waals surface area contributed by atoms with E-state index in [1.807, 2.05) is 39.0 Å². The molecule has 1 aliphatic carbocycles. The van der Waals surface area contributed by atoms with Crippen molar-refractivity contribution in [1.82, 2.24) is 15.0 Å². The van der Waals surface area contributed by atoms with E-state index in [0.29, 0.717) is 12.1 Å². The maximum Gasteiger partial charge on any atom is 0.256 e. The van der Waals surface area contributed by atoms with Gasteiger partial charge in [-0.25, -0.2) is 0 Å². The summed E-state index contributed by atoms with van der Waals surface area (Å²) in [4.78, 5) is 18.4. The Balaban J connectivity index is 0.00000126. The maximum absolute atomic E-state index is 13.3. The Kier molecular flexibility index (Phi) is 6.41. The smallest absolute Gasteiger partial charge is 0.256 e. The maximum atomic E-state index is 13.3. The van der Waals surface area contributed by atoms with E-state index in [1.165, 1.54) is 23.1 Å². The fourth-order valence-electron chi connectivity index (χ4n) is 4.86. The third-order valence-electron chi connectivity index (χ3n) is 6.70. The van der Waals surface area contributed by atoms with Crippen LogP contribution in [-0.4, -0.2) is 28.0 Å². The minimum atomic E-state index is -0.0300. The second-order valence-electron chi connectivity index (χ2n) is 8.82. The highest BCUT2D eigenvalue weighted by molar-refractivity contribution is 6.06. The average molecular weight is 444 g/mol. The zero-order valence-corrected chi connectivity index (χ0v) is 20.2. The lowest BCUT2D eigenvalue weighted by molar-refractivity contribution is 0.0784. The van der Waals surface area contributed by atoms with Crippen LogP contribution in [-0.2, 0) is 12.0 Å². The Morgan fingerprint density at radius 3 is 2.45 bits per heavy atom. The Labute approximate surface area is 195 Å². The zero-order valence-electron chi connectivity index (χ0n) is 20.2. The van der Waals surface area contributed by atoms with Gasteiger partial charge in [0.2, 0.25) is 0 Å². The Morgan fingerprint density at radius 2 is 1.85 bits per heavy atom. The van der Waals surface area contributed by atoms with Gasteiger partial charge >= 0.3 is 0 Å². The molecule has 2 heterocycles. The van der Waals surface area contributed by atoms with Crippen molar-refractivity contribution >= 4 is 16.8 Å². The number of aromatic nitrogens is 2. The van der Waals surface area contributed by atoms with Gasteiger partial charge in [-0.05, 0) is 43.9 Å². The number of aryl methyl sites for hydroxylation is 2. The predicted octanol–water partition coefficient (Wildman–Crippen LogP) is 6.54. The fraction of sp³-hybridized carbons (Fsp3) is 0.357. The first-order valence-electron chi connectivity index (χ1n) is 11.8. The molecule has 5 nitrogen and oxygen atoms in total. The fourth-order valence-corrected chi connectivity index (χ4v) is 4.86. The molecule has 1 N–H and O–H groups in total. The van der Waals surface area contributed by atoms with E-state index in [0.717, 1.165) is 35.2 Å². The molecule has 1 fully saturated rings. The van der Waals surface area contributed by atoms with Crippen LogP contribution in [0.4, 0.5) is 0 Å². The zero-order chi connectivity index (χ0) is 23.6. The van der Waals surface area contributed by atoms with Gasteiger partial charge in [0.25, 0.3) is 5.91 Å². The number of fused-ring (bicyclic) bond motifs is 1. The Bertz CT molecular complexity index is 1250. The number of para-hydroxylation sites is 1. The lowest BCUT2D eigenvalue weighted by Gasteiger charge is -2.42. The SMILES string of the molecule is CC.Cc1ccc(C2(c3c[nH]c4c(C(=O)N(C)Cc5cc(C)on5)cccc34)CCC2)cc1. The van der Waals surface area contributed by atoms with Crippen LogP contribution in [0.3, 0.4) is 0 Å². The highest BCUT2D eigenvalue weighted by atomic mass is 16.5. The van der Waals surface area contributed by atoms with E-state index in [9.17, 15) is 4.79 Å². The van der Waals surface area contributed by atoms with Gasteiger partial charge in [0.1, 0.15) is 11.5 Å². The summed E-state index contributed by atoms with van der Waals surface area (Å²) in [5, 5.41) is 5.15. The summed E-state index contributed by atoms with van der Waals surface area (Å²) in [6.07, 6.45) is 5.60. The number of amides is 1. The van der Waals surface area contributed by atoms with Crippen molar-refractivity contribution in [2.75, 3.05) is 7.05 Å². The summed E-state index contributed by atoms with van der Waals surface area (Å²) < 4.78 is 5.14. The first kappa shape index (κ1) is 22.8. The molecule has 33 heavy (non-hydrogen) atoms. The highest BCUT2D eigenvalue weighted by Gasteiger charge is 2.42. The van der Waals surface area contributed by atoms with Crippen LogP contribution in [0.5, 0.6) is 0 Å². The van der Waals surface area contributed by atoms with E-state index >= 15 is 0 Å².